The molecule has 21 heavy (non-hydrogen) atoms. The Morgan fingerprint density at radius 3 is 2.62 bits per heavy atom. The summed E-state index contributed by atoms with van der Waals surface area (Å²) in [6, 6.07) is 14.9. The Kier molecular flexibility index (Phi) is 4.32. The number of fused-ring (bicyclic) bond motifs is 1. The van der Waals surface area contributed by atoms with E-state index in [1.807, 2.05) is 12.1 Å². The molecule has 110 valence electrons. The smallest absolute Gasteiger partial charge is 0.0762 e. The molecule has 0 fully saturated rings. The van der Waals surface area contributed by atoms with Crippen LogP contribution in [-0.4, -0.2) is 11.7 Å². The molecule has 0 radical (unpaired) electrons. The first-order valence-corrected chi connectivity index (χ1v) is 8.23. The van der Waals surface area contributed by atoms with E-state index >= 15 is 0 Å². The number of benzene rings is 2. The van der Waals surface area contributed by atoms with Crippen LogP contribution in [-0.2, 0) is 13.0 Å². The van der Waals surface area contributed by atoms with E-state index in [1.165, 1.54) is 23.2 Å². The van der Waals surface area contributed by atoms with Crippen LogP contribution in [0.4, 0.5) is 5.69 Å². The van der Waals surface area contributed by atoms with Crippen molar-refractivity contribution in [3.63, 3.8) is 0 Å². The summed E-state index contributed by atoms with van der Waals surface area (Å²) in [6.07, 6.45) is 1.89. The van der Waals surface area contributed by atoms with Crippen molar-refractivity contribution in [3.05, 3.63) is 63.6 Å². The minimum atomic E-state index is -0.430. The zero-order valence-corrected chi connectivity index (χ0v) is 13.8. The molecule has 1 atom stereocenters. The molecule has 0 saturated heterocycles. The molecule has 0 aliphatic carbocycles. The largest absolute Gasteiger partial charge is 0.389 e. The number of halogens is 1. The molecule has 1 N–H and O–H groups in total. The van der Waals surface area contributed by atoms with Gasteiger partial charge in [0.25, 0.3) is 0 Å². The van der Waals surface area contributed by atoms with Crippen LogP contribution >= 0.6 is 15.9 Å². The predicted molar refractivity (Wildman–Crippen MR) is 90.6 cm³/mol. The van der Waals surface area contributed by atoms with E-state index in [0.29, 0.717) is 0 Å². The fourth-order valence-corrected chi connectivity index (χ4v) is 3.59. The molecule has 2 nitrogen and oxygen atoms in total. The lowest BCUT2D eigenvalue weighted by Gasteiger charge is -2.25. The maximum Gasteiger partial charge on any atom is 0.0762 e. The maximum absolute atomic E-state index is 9.69. The number of anilines is 1. The van der Waals surface area contributed by atoms with Crippen molar-refractivity contribution in [2.24, 2.45) is 0 Å². The van der Waals surface area contributed by atoms with Crippen LogP contribution in [0.1, 0.15) is 36.1 Å². The van der Waals surface area contributed by atoms with E-state index in [1.54, 1.807) is 6.92 Å². The Bertz CT molecular complexity index is 639. The molecule has 3 heteroatoms. The molecule has 0 amide bonds. The van der Waals surface area contributed by atoms with Crippen LogP contribution in [0.3, 0.4) is 0 Å². The van der Waals surface area contributed by atoms with Gasteiger partial charge in [0.2, 0.25) is 0 Å². The van der Waals surface area contributed by atoms with Crippen LogP contribution in [0.2, 0.25) is 0 Å². The highest BCUT2D eigenvalue weighted by molar-refractivity contribution is 9.10. The summed E-state index contributed by atoms with van der Waals surface area (Å²) in [5.74, 6) is 0. The van der Waals surface area contributed by atoms with Crippen molar-refractivity contribution >= 4 is 21.6 Å². The summed E-state index contributed by atoms with van der Waals surface area (Å²) >= 11 is 3.66. The van der Waals surface area contributed by atoms with E-state index in [2.05, 4.69) is 51.2 Å². The molecule has 0 saturated carbocycles. The monoisotopic (exact) mass is 345 g/mol. The van der Waals surface area contributed by atoms with Crippen molar-refractivity contribution in [2.45, 2.75) is 32.4 Å². The second-order valence-corrected chi connectivity index (χ2v) is 6.53. The van der Waals surface area contributed by atoms with Gasteiger partial charge in [-0.25, -0.2) is 0 Å². The predicted octanol–water partition coefficient (Wildman–Crippen LogP) is 4.46. The second kappa shape index (κ2) is 6.20. The molecule has 1 aliphatic heterocycles. The van der Waals surface area contributed by atoms with Crippen LogP contribution in [0.15, 0.2) is 46.9 Å². The highest BCUT2D eigenvalue weighted by atomic mass is 79.9. The Hall–Kier alpha value is -1.32. The van der Waals surface area contributed by atoms with E-state index in [9.17, 15) is 5.11 Å². The number of aliphatic hydroxyl groups excluding tert-OH is 1. The number of hydrogen-bond donors (Lipinski definition) is 1. The lowest BCUT2D eigenvalue weighted by Crippen LogP contribution is -2.22. The van der Waals surface area contributed by atoms with Crippen molar-refractivity contribution in [1.29, 1.82) is 0 Å². The first kappa shape index (κ1) is 14.6. The second-order valence-electron chi connectivity index (χ2n) is 5.68. The SMILES string of the molecule is C[C@@H](O)c1ccc(N2CCCc3ccccc3C2)c(Br)c1. The summed E-state index contributed by atoms with van der Waals surface area (Å²) in [5, 5.41) is 9.69. The van der Waals surface area contributed by atoms with Gasteiger partial charge in [0.05, 0.1) is 11.8 Å². The number of aryl methyl sites for hydroxylation is 1. The quantitative estimate of drug-likeness (QED) is 0.868. The highest BCUT2D eigenvalue weighted by Gasteiger charge is 2.17. The van der Waals surface area contributed by atoms with Crippen molar-refractivity contribution in [1.82, 2.24) is 0 Å². The third-order valence-electron chi connectivity index (χ3n) is 4.15. The molecule has 2 aromatic carbocycles. The Labute approximate surface area is 134 Å². The van der Waals surface area contributed by atoms with Gasteiger partial charge in [0, 0.05) is 17.6 Å². The van der Waals surface area contributed by atoms with Gasteiger partial charge in [-0.2, -0.15) is 0 Å². The molecule has 0 bridgehead atoms. The van der Waals surface area contributed by atoms with Gasteiger partial charge in [-0.05, 0) is 64.5 Å². The number of rotatable bonds is 2. The first-order valence-electron chi connectivity index (χ1n) is 7.44. The van der Waals surface area contributed by atoms with Crippen LogP contribution in [0, 0.1) is 0 Å². The zero-order chi connectivity index (χ0) is 14.8. The fourth-order valence-electron chi connectivity index (χ4n) is 2.95. The van der Waals surface area contributed by atoms with Gasteiger partial charge in [-0.3, -0.25) is 0 Å². The molecule has 0 aromatic heterocycles. The molecule has 0 spiro atoms. The van der Waals surface area contributed by atoms with Gasteiger partial charge in [0.15, 0.2) is 0 Å². The molecule has 1 aliphatic rings. The lowest BCUT2D eigenvalue weighted by atomic mass is 10.0. The summed E-state index contributed by atoms with van der Waals surface area (Å²) in [4.78, 5) is 2.42. The summed E-state index contributed by atoms with van der Waals surface area (Å²) in [6.45, 7) is 3.80. The van der Waals surface area contributed by atoms with Gasteiger partial charge in [-0.1, -0.05) is 30.3 Å². The summed E-state index contributed by atoms with van der Waals surface area (Å²) in [5.41, 5.74) is 5.04. The van der Waals surface area contributed by atoms with E-state index in [4.69, 9.17) is 0 Å². The zero-order valence-electron chi connectivity index (χ0n) is 12.2. The maximum atomic E-state index is 9.69. The van der Waals surface area contributed by atoms with Gasteiger partial charge < -0.3 is 10.0 Å². The Balaban J connectivity index is 1.91. The van der Waals surface area contributed by atoms with Gasteiger partial charge in [-0.15, -0.1) is 0 Å². The molecule has 0 unspecified atom stereocenters. The highest BCUT2D eigenvalue weighted by Crippen LogP contribution is 2.32. The average molecular weight is 346 g/mol. The molecular formula is C18H20BrNO. The van der Waals surface area contributed by atoms with Crippen molar-refractivity contribution in [2.75, 3.05) is 11.4 Å². The average Bonchev–Trinajstić information content (AvgIpc) is 2.69. The van der Waals surface area contributed by atoms with E-state index < -0.39 is 6.10 Å². The van der Waals surface area contributed by atoms with Crippen molar-refractivity contribution in [3.8, 4) is 0 Å². The molecule has 2 aromatic rings. The Morgan fingerprint density at radius 1 is 1.14 bits per heavy atom. The van der Waals surface area contributed by atoms with Crippen LogP contribution in [0.5, 0.6) is 0 Å². The van der Waals surface area contributed by atoms with Crippen LogP contribution in [0.25, 0.3) is 0 Å². The molecular weight excluding hydrogens is 326 g/mol. The van der Waals surface area contributed by atoms with E-state index in [0.717, 1.165) is 29.5 Å². The fraction of sp³-hybridized carbons (Fsp3) is 0.333. The Morgan fingerprint density at radius 2 is 1.90 bits per heavy atom. The third-order valence-corrected chi connectivity index (χ3v) is 4.78. The normalized spacial score (nSPS) is 16.2. The molecule has 3 rings (SSSR count). The number of aliphatic hydroxyl groups is 1. The summed E-state index contributed by atoms with van der Waals surface area (Å²) < 4.78 is 1.06. The minimum Gasteiger partial charge on any atom is -0.389 e. The van der Waals surface area contributed by atoms with Gasteiger partial charge in [0.1, 0.15) is 0 Å². The molecule has 1 heterocycles. The number of hydrogen-bond acceptors (Lipinski definition) is 2. The number of nitrogens with zero attached hydrogens (tertiary/aromatic N) is 1. The van der Waals surface area contributed by atoms with Crippen LogP contribution < -0.4 is 4.90 Å². The summed E-state index contributed by atoms with van der Waals surface area (Å²) in [7, 11) is 0. The van der Waals surface area contributed by atoms with E-state index in [-0.39, 0.29) is 0 Å². The van der Waals surface area contributed by atoms with Gasteiger partial charge >= 0.3 is 0 Å². The standard InChI is InChI=1S/C18H20BrNO/c1-13(21)15-8-9-18(17(19)11-15)20-10-4-7-14-5-2-3-6-16(14)12-20/h2-3,5-6,8-9,11,13,21H,4,7,10,12H2,1H3/t13-/m1/s1. The topological polar surface area (TPSA) is 23.5 Å². The third kappa shape index (κ3) is 3.14. The lowest BCUT2D eigenvalue weighted by molar-refractivity contribution is 0.199. The first-order chi connectivity index (χ1) is 10.1. The van der Waals surface area contributed by atoms with Crippen molar-refractivity contribution < 1.29 is 5.11 Å². The minimum absolute atomic E-state index is 0.430.